The van der Waals surface area contributed by atoms with E-state index < -0.39 is 35.2 Å². The lowest BCUT2D eigenvalue weighted by Crippen LogP contribution is -2.41. The van der Waals surface area contributed by atoms with Gasteiger partial charge in [0, 0.05) is 7.05 Å². The number of aryl methyl sites for hydroxylation is 1. The zero-order valence-electron chi connectivity index (χ0n) is 19.4. The summed E-state index contributed by atoms with van der Waals surface area (Å²) in [5.41, 5.74) is -2.26. The van der Waals surface area contributed by atoms with E-state index in [0.29, 0.717) is 5.69 Å². The van der Waals surface area contributed by atoms with Crippen molar-refractivity contribution in [2.75, 3.05) is 11.9 Å². The number of nitrogens with zero attached hydrogens (tertiary/aromatic N) is 2. The highest BCUT2D eigenvalue weighted by molar-refractivity contribution is 6.34. The molecule has 3 aromatic rings. The Morgan fingerprint density at radius 1 is 0.667 bits per heavy atom. The Kier molecular flexibility index (Phi) is 4.96. The van der Waals surface area contributed by atoms with Gasteiger partial charge >= 0.3 is 6.18 Å². The Morgan fingerprint density at radius 3 is 1.72 bits per heavy atom. The Balaban J connectivity index is 1.64. The highest BCUT2D eigenvalue weighted by Crippen LogP contribution is 2.47. The molecule has 6 nitrogen and oxygen atoms in total. The van der Waals surface area contributed by atoms with Gasteiger partial charge in [0.1, 0.15) is 5.41 Å². The third-order valence-electron chi connectivity index (χ3n) is 6.96. The molecule has 9 heteroatoms. The van der Waals surface area contributed by atoms with Crippen molar-refractivity contribution in [2.45, 2.75) is 25.4 Å². The molecule has 0 aliphatic carbocycles. The number of rotatable bonds is 3. The molecule has 36 heavy (non-hydrogen) atoms. The number of anilines is 1. The topological polar surface area (TPSA) is 74.8 Å². The molecule has 2 heterocycles. The summed E-state index contributed by atoms with van der Waals surface area (Å²) < 4.78 is 44.0. The predicted molar refractivity (Wildman–Crippen MR) is 124 cm³/mol. The average molecular weight is 492 g/mol. The molecule has 182 valence electrons. The van der Waals surface area contributed by atoms with Gasteiger partial charge in [-0.3, -0.25) is 24.1 Å². The molecule has 0 N–H and O–H groups in total. The molecule has 0 spiro atoms. The molecule has 2 aliphatic rings. The van der Waals surface area contributed by atoms with Crippen LogP contribution >= 0.6 is 0 Å². The number of imide groups is 2. The van der Waals surface area contributed by atoms with Crippen LogP contribution in [0.25, 0.3) is 0 Å². The molecule has 1 unspecified atom stereocenters. The number of hydrogen-bond acceptors (Lipinski definition) is 4. The summed E-state index contributed by atoms with van der Waals surface area (Å²) in [6.07, 6.45) is -4.84. The molecule has 0 radical (unpaired) electrons. The van der Waals surface area contributed by atoms with Crippen molar-refractivity contribution >= 4 is 29.3 Å². The quantitative estimate of drug-likeness (QED) is 0.488. The highest BCUT2D eigenvalue weighted by atomic mass is 19.4. The molecule has 2 aliphatic heterocycles. The maximum absolute atomic E-state index is 14.7. The van der Waals surface area contributed by atoms with Crippen molar-refractivity contribution in [3.05, 3.63) is 99.6 Å². The first kappa shape index (κ1) is 23.5. The number of carbonyl (C=O) groups is 4. The first-order valence-corrected chi connectivity index (χ1v) is 11.0. The Morgan fingerprint density at radius 2 is 1.17 bits per heavy atom. The van der Waals surface area contributed by atoms with E-state index in [1.165, 1.54) is 25.2 Å². The zero-order chi connectivity index (χ0) is 26.2. The summed E-state index contributed by atoms with van der Waals surface area (Å²) >= 11 is 0. The van der Waals surface area contributed by atoms with Crippen LogP contribution in [0.1, 0.15) is 65.0 Å². The number of fused-ring (bicyclic) bond motifs is 2. The van der Waals surface area contributed by atoms with Gasteiger partial charge in [-0.2, -0.15) is 13.2 Å². The van der Waals surface area contributed by atoms with Gasteiger partial charge < -0.3 is 0 Å². The van der Waals surface area contributed by atoms with Crippen LogP contribution in [0.5, 0.6) is 0 Å². The smallest absolute Gasteiger partial charge is 0.277 e. The molecule has 0 fully saturated rings. The molecular weight excluding hydrogens is 473 g/mol. The summed E-state index contributed by atoms with van der Waals surface area (Å²) in [7, 11) is 1.26. The van der Waals surface area contributed by atoms with Gasteiger partial charge in [-0.25, -0.2) is 4.90 Å². The first-order valence-electron chi connectivity index (χ1n) is 11.0. The van der Waals surface area contributed by atoms with Crippen molar-refractivity contribution in [1.82, 2.24) is 4.90 Å². The Labute approximate surface area is 203 Å². The van der Waals surface area contributed by atoms with E-state index in [2.05, 4.69) is 0 Å². The monoisotopic (exact) mass is 492 g/mol. The van der Waals surface area contributed by atoms with Crippen molar-refractivity contribution in [3.8, 4) is 0 Å². The van der Waals surface area contributed by atoms with Crippen molar-refractivity contribution in [2.24, 2.45) is 0 Å². The minimum Gasteiger partial charge on any atom is -0.277 e. The molecule has 5 rings (SSSR count). The van der Waals surface area contributed by atoms with Crippen LogP contribution in [0.15, 0.2) is 60.7 Å². The van der Waals surface area contributed by atoms with Gasteiger partial charge in [0.2, 0.25) is 0 Å². The molecular formula is C27H19F3N2O4. The van der Waals surface area contributed by atoms with Crippen LogP contribution in [0.3, 0.4) is 0 Å². The fourth-order valence-electron chi connectivity index (χ4n) is 4.72. The lowest BCUT2D eigenvalue weighted by molar-refractivity contribution is -0.173. The van der Waals surface area contributed by atoms with E-state index in [1.54, 1.807) is 31.2 Å². The maximum Gasteiger partial charge on any atom is 0.402 e. The number of benzene rings is 3. The highest BCUT2D eigenvalue weighted by Gasteiger charge is 2.54. The standard InChI is InChI=1S/C27H19F3N2O4/c1-14-5-4-6-17(11-14)32-24(35)19-10-8-16(13-21(19)25(32)36)26(2,27(28,29)30)15-7-9-18-20(12-15)23(34)31(3)22(18)33/h4-13H,1-3H3. The Hall–Kier alpha value is -4.27. The molecule has 1 atom stereocenters. The zero-order valence-corrected chi connectivity index (χ0v) is 19.4. The van der Waals surface area contributed by atoms with Crippen LogP contribution in [-0.2, 0) is 5.41 Å². The van der Waals surface area contributed by atoms with Crippen LogP contribution in [0.4, 0.5) is 18.9 Å². The summed E-state index contributed by atoms with van der Waals surface area (Å²) in [6.45, 7) is 2.74. The number of alkyl halides is 3. The fourth-order valence-corrected chi connectivity index (χ4v) is 4.72. The van der Waals surface area contributed by atoms with Gasteiger partial charge in [0.15, 0.2) is 0 Å². The van der Waals surface area contributed by atoms with Crippen LogP contribution in [0.2, 0.25) is 0 Å². The van der Waals surface area contributed by atoms with Gasteiger partial charge in [0.05, 0.1) is 27.9 Å². The minimum absolute atomic E-state index is 0.00568. The van der Waals surface area contributed by atoms with E-state index in [9.17, 15) is 32.3 Å². The normalized spacial score (nSPS) is 16.9. The SMILES string of the molecule is Cc1cccc(N2C(=O)c3ccc(C(C)(c4ccc5c(c4)C(=O)N(C)C5=O)C(F)(F)F)cc3C2=O)c1. The second-order valence-electron chi connectivity index (χ2n) is 9.10. The lowest BCUT2D eigenvalue weighted by atomic mass is 9.74. The van der Waals surface area contributed by atoms with E-state index in [-0.39, 0.29) is 33.4 Å². The maximum atomic E-state index is 14.7. The van der Waals surface area contributed by atoms with Crippen molar-refractivity contribution < 1.29 is 32.3 Å². The van der Waals surface area contributed by atoms with Crippen LogP contribution < -0.4 is 4.90 Å². The van der Waals surface area contributed by atoms with Crippen molar-refractivity contribution in [3.63, 3.8) is 0 Å². The number of amides is 4. The van der Waals surface area contributed by atoms with Crippen LogP contribution in [0, 0.1) is 6.92 Å². The fraction of sp³-hybridized carbons (Fsp3) is 0.185. The predicted octanol–water partition coefficient (Wildman–Crippen LogP) is 4.89. The summed E-state index contributed by atoms with van der Waals surface area (Å²) in [5, 5.41) is 0. The molecule has 0 saturated carbocycles. The number of halogens is 3. The van der Waals surface area contributed by atoms with E-state index >= 15 is 0 Å². The third-order valence-corrected chi connectivity index (χ3v) is 6.96. The van der Waals surface area contributed by atoms with Gasteiger partial charge in [-0.1, -0.05) is 24.3 Å². The van der Waals surface area contributed by atoms with E-state index in [0.717, 1.165) is 40.5 Å². The second-order valence-corrected chi connectivity index (χ2v) is 9.10. The summed E-state index contributed by atoms with van der Waals surface area (Å²) in [5.74, 6) is -2.62. The van der Waals surface area contributed by atoms with Crippen molar-refractivity contribution in [1.29, 1.82) is 0 Å². The van der Waals surface area contributed by atoms with E-state index in [1.807, 2.05) is 0 Å². The average Bonchev–Trinajstić information content (AvgIpc) is 3.21. The van der Waals surface area contributed by atoms with Gasteiger partial charge in [0.25, 0.3) is 23.6 Å². The Bertz CT molecular complexity index is 1510. The first-order chi connectivity index (χ1) is 16.9. The number of hydrogen-bond donors (Lipinski definition) is 0. The number of carbonyl (C=O) groups excluding carboxylic acids is 4. The largest absolute Gasteiger partial charge is 0.402 e. The van der Waals surface area contributed by atoms with Gasteiger partial charge in [-0.05, 0) is 66.9 Å². The minimum atomic E-state index is -4.84. The second kappa shape index (κ2) is 7.61. The molecule has 0 saturated heterocycles. The molecule has 3 aromatic carbocycles. The summed E-state index contributed by atoms with van der Waals surface area (Å²) in [4.78, 5) is 52.6. The van der Waals surface area contributed by atoms with E-state index in [4.69, 9.17) is 0 Å². The summed E-state index contributed by atoms with van der Waals surface area (Å²) in [6, 6.07) is 13.6. The van der Waals surface area contributed by atoms with Crippen LogP contribution in [-0.4, -0.2) is 41.8 Å². The molecule has 0 bridgehead atoms. The molecule has 0 aromatic heterocycles. The molecule has 4 amide bonds. The third kappa shape index (κ3) is 3.12. The lowest BCUT2D eigenvalue weighted by Gasteiger charge is -2.33. The van der Waals surface area contributed by atoms with Gasteiger partial charge in [-0.15, -0.1) is 0 Å².